The highest BCUT2D eigenvalue weighted by Crippen LogP contribution is 2.26. The van der Waals surface area contributed by atoms with E-state index in [0.29, 0.717) is 35.8 Å². The van der Waals surface area contributed by atoms with E-state index in [4.69, 9.17) is 5.11 Å². The molecule has 1 saturated heterocycles. The maximum atomic E-state index is 11.9. The molecular weight excluding hydrogens is 314 g/mol. The molecule has 6 heteroatoms. The number of carboxylic acids is 1. The van der Waals surface area contributed by atoms with Crippen LogP contribution in [0.2, 0.25) is 0 Å². The Hall–Kier alpha value is -1.69. The van der Waals surface area contributed by atoms with E-state index < -0.39 is 5.97 Å². The number of hydrogen-bond acceptors (Lipinski definition) is 3. The van der Waals surface area contributed by atoms with Gasteiger partial charge in [-0.05, 0) is 47.0 Å². The van der Waals surface area contributed by atoms with E-state index in [2.05, 4.69) is 15.9 Å². The van der Waals surface area contributed by atoms with Crippen molar-refractivity contribution in [3.8, 4) is 0 Å². The predicted octanol–water partition coefficient (Wildman–Crippen LogP) is 2.58. The summed E-state index contributed by atoms with van der Waals surface area (Å²) in [5, 5.41) is 9.06. The third kappa shape index (κ3) is 2.84. The Morgan fingerprint density at radius 3 is 2.26 bits per heavy atom. The summed E-state index contributed by atoms with van der Waals surface area (Å²) in [5.74, 6) is -1.66. The topological polar surface area (TPSA) is 74.7 Å². The molecule has 1 aromatic rings. The SMILES string of the molecule is O=C(O)c1cc(N2C(=O)CCCCC2=O)ccc1Br. The number of anilines is 1. The first-order valence-electron chi connectivity index (χ1n) is 5.89. The van der Waals surface area contributed by atoms with Crippen molar-refractivity contribution in [3.63, 3.8) is 0 Å². The van der Waals surface area contributed by atoms with Crippen LogP contribution < -0.4 is 4.90 Å². The van der Waals surface area contributed by atoms with Gasteiger partial charge in [0, 0.05) is 17.3 Å². The van der Waals surface area contributed by atoms with E-state index in [1.165, 1.54) is 12.1 Å². The first kappa shape index (κ1) is 13.7. The molecule has 0 aliphatic carbocycles. The number of carboxylic acid groups (broad SMARTS) is 1. The Bertz CT molecular complexity index is 538. The van der Waals surface area contributed by atoms with Gasteiger partial charge in [0.25, 0.3) is 0 Å². The van der Waals surface area contributed by atoms with Gasteiger partial charge in [-0.1, -0.05) is 0 Å². The van der Waals surface area contributed by atoms with Crippen LogP contribution in [0.3, 0.4) is 0 Å². The predicted molar refractivity (Wildman–Crippen MR) is 72.1 cm³/mol. The zero-order valence-electron chi connectivity index (χ0n) is 10.1. The highest BCUT2D eigenvalue weighted by Gasteiger charge is 2.26. The van der Waals surface area contributed by atoms with Crippen molar-refractivity contribution in [2.75, 3.05) is 4.90 Å². The van der Waals surface area contributed by atoms with Gasteiger partial charge in [-0.15, -0.1) is 0 Å². The Labute approximate surface area is 118 Å². The molecule has 1 aliphatic heterocycles. The fraction of sp³-hybridized carbons (Fsp3) is 0.308. The average molecular weight is 326 g/mol. The minimum absolute atomic E-state index is 0.0300. The zero-order valence-corrected chi connectivity index (χ0v) is 11.6. The molecule has 0 saturated carbocycles. The second-order valence-electron chi connectivity index (χ2n) is 4.30. The molecule has 19 heavy (non-hydrogen) atoms. The van der Waals surface area contributed by atoms with Crippen LogP contribution in [0, 0.1) is 0 Å². The number of nitrogens with zero attached hydrogens (tertiary/aromatic N) is 1. The summed E-state index contributed by atoms with van der Waals surface area (Å²) in [5.41, 5.74) is 0.347. The van der Waals surface area contributed by atoms with Gasteiger partial charge in [0.05, 0.1) is 11.3 Å². The van der Waals surface area contributed by atoms with Gasteiger partial charge in [0.15, 0.2) is 0 Å². The van der Waals surface area contributed by atoms with E-state index >= 15 is 0 Å². The van der Waals surface area contributed by atoms with Crippen LogP contribution in [-0.4, -0.2) is 22.9 Å². The molecule has 1 heterocycles. The second-order valence-corrected chi connectivity index (χ2v) is 5.15. The highest BCUT2D eigenvalue weighted by molar-refractivity contribution is 9.10. The summed E-state index contributed by atoms with van der Waals surface area (Å²) in [6, 6.07) is 4.44. The number of benzene rings is 1. The fourth-order valence-electron chi connectivity index (χ4n) is 2.02. The Morgan fingerprint density at radius 1 is 1.16 bits per heavy atom. The van der Waals surface area contributed by atoms with E-state index in [9.17, 15) is 14.4 Å². The molecule has 0 atom stereocenters. The first-order valence-corrected chi connectivity index (χ1v) is 6.68. The summed E-state index contributed by atoms with van der Waals surface area (Å²) in [4.78, 5) is 36.0. The maximum absolute atomic E-state index is 11.9. The molecule has 0 unspecified atom stereocenters. The molecule has 0 aromatic heterocycles. The molecular formula is C13H12BrNO4. The van der Waals surface area contributed by atoms with Gasteiger partial charge in [-0.2, -0.15) is 0 Å². The van der Waals surface area contributed by atoms with Crippen molar-refractivity contribution >= 4 is 39.4 Å². The molecule has 1 fully saturated rings. The van der Waals surface area contributed by atoms with Gasteiger partial charge in [-0.3, -0.25) is 14.5 Å². The van der Waals surface area contributed by atoms with Crippen LogP contribution in [0.5, 0.6) is 0 Å². The largest absolute Gasteiger partial charge is 0.478 e. The third-order valence-electron chi connectivity index (χ3n) is 2.97. The molecule has 1 N–H and O–H groups in total. The first-order chi connectivity index (χ1) is 9.00. The number of rotatable bonds is 2. The summed E-state index contributed by atoms with van der Waals surface area (Å²) in [6.07, 6.45) is 1.99. The van der Waals surface area contributed by atoms with Gasteiger partial charge in [0.1, 0.15) is 0 Å². The summed E-state index contributed by atoms with van der Waals surface area (Å²) in [6.45, 7) is 0. The number of imide groups is 1. The van der Waals surface area contributed by atoms with Gasteiger partial charge in [-0.25, -0.2) is 4.79 Å². The van der Waals surface area contributed by atoms with E-state index in [1.54, 1.807) is 6.07 Å². The summed E-state index contributed by atoms with van der Waals surface area (Å²) >= 11 is 3.13. The lowest BCUT2D eigenvalue weighted by molar-refractivity contribution is -0.125. The number of aromatic carboxylic acids is 1. The van der Waals surface area contributed by atoms with Crippen molar-refractivity contribution in [1.82, 2.24) is 0 Å². The molecule has 2 rings (SSSR count). The molecule has 1 aromatic carbocycles. The van der Waals surface area contributed by atoms with E-state index in [1.807, 2.05) is 0 Å². The number of hydrogen-bond donors (Lipinski definition) is 1. The van der Waals surface area contributed by atoms with Crippen molar-refractivity contribution in [3.05, 3.63) is 28.2 Å². The minimum atomic E-state index is -1.11. The third-order valence-corrected chi connectivity index (χ3v) is 3.66. The van der Waals surface area contributed by atoms with Crippen LogP contribution >= 0.6 is 15.9 Å². The highest BCUT2D eigenvalue weighted by atomic mass is 79.9. The quantitative estimate of drug-likeness (QED) is 0.848. The molecule has 2 amide bonds. The number of carbonyl (C=O) groups is 3. The smallest absolute Gasteiger partial charge is 0.336 e. The van der Waals surface area contributed by atoms with Crippen molar-refractivity contribution in [2.45, 2.75) is 25.7 Å². The van der Waals surface area contributed by atoms with E-state index in [-0.39, 0.29) is 17.4 Å². The Kier molecular flexibility index (Phi) is 3.99. The maximum Gasteiger partial charge on any atom is 0.336 e. The zero-order chi connectivity index (χ0) is 14.0. The Balaban J connectivity index is 2.44. The number of carbonyl (C=O) groups excluding carboxylic acids is 2. The van der Waals surface area contributed by atoms with Crippen LogP contribution in [0.25, 0.3) is 0 Å². The van der Waals surface area contributed by atoms with Crippen molar-refractivity contribution < 1.29 is 19.5 Å². The van der Waals surface area contributed by atoms with Gasteiger partial charge in [0.2, 0.25) is 11.8 Å². The van der Waals surface area contributed by atoms with Crippen LogP contribution in [0.15, 0.2) is 22.7 Å². The monoisotopic (exact) mass is 325 g/mol. The minimum Gasteiger partial charge on any atom is -0.478 e. The van der Waals surface area contributed by atoms with Crippen molar-refractivity contribution in [2.24, 2.45) is 0 Å². The van der Waals surface area contributed by atoms with Crippen LogP contribution in [-0.2, 0) is 9.59 Å². The standard InChI is InChI=1S/C13H12BrNO4/c14-10-6-5-8(7-9(10)13(18)19)15-11(16)3-1-2-4-12(15)17/h5-7H,1-4H2,(H,18,19). The molecule has 5 nitrogen and oxygen atoms in total. The summed E-state index contributed by atoms with van der Waals surface area (Å²) in [7, 11) is 0. The van der Waals surface area contributed by atoms with Gasteiger partial charge >= 0.3 is 5.97 Å². The summed E-state index contributed by atoms with van der Waals surface area (Å²) < 4.78 is 0.415. The van der Waals surface area contributed by atoms with Crippen LogP contribution in [0.4, 0.5) is 5.69 Å². The lowest BCUT2D eigenvalue weighted by atomic mass is 10.2. The fourth-order valence-corrected chi connectivity index (χ4v) is 2.44. The molecule has 0 spiro atoms. The average Bonchev–Trinajstić information content (AvgIpc) is 2.52. The van der Waals surface area contributed by atoms with Gasteiger partial charge < -0.3 is 5.11 Å². The lowest BCUT2D eigenvalue weighted by Gasteiger charge is -2.19. The Morgan fingerprint density at radius 2 is 1.74 bits per heavy atom. The molecule has 1 aliphatic rings. The molecule has 100 valence electrons. The molecule has 0 radical (unpaired) electrons. The molecule has 0 bridgehead atoms. The van der Waals surface area contributed by atoms with Crippen LogP contribution in [0.1, 0.15) is 36.0 Å². The number of amides is 2. The van der Waals surface area contributed by atoms with E-state index in [0.717, 1.165) is 4.90 Å². The number of halogens is 1. The second kappa shape index (κ2) is 5.52. The normalized spacial score (nSPS) is 16.4. The lowest BCUT2D eigenvalue weighted by Crippen LogP contribution is -2.35. The van der Waals surface area contributed by atoms with Crippen molar-refractivity contribution in [1.29, 1.82) is 0 Å².